The number of pyridine rings is 1. The molecule has 0 aliphatic carbocycles. The Labute approximate surface area is 130 Å². The van der Waals surface area contributed by atoms with Crippen LogP contribution in [0.5, 0.6) is 5.88 Å². The molecule has 2 atom stereocenters. The number of rotatable bonds is 3. The van der Waals surface area contributed by atoms with E-state index in [-0.39, 0.29) is 23.7 Å². The monoisotopic (exact) mass is 305 g/mol. The predicted octanol–water partition coefficient (Wildman–Crippen LogP) is 0.721. The van der Waals surface area contributed by atoms with Crippen molar-refractivity contribution in [1.82, 2.24) is 14.8 Å². The van der Waals surface area contributed by atoms with Gasteiger partial charge in [-0.1, -0.05) is 0 Å². The van der Waals surface area contributed by atoms with Gasteiger partial charge in [0.1, 0.15) is 6.23 Å². The van der Waals surface area contributed by atoms with E-state index in [2.05, 4.69) is 4.98 Å². The van der Waals surface area contributed by atoms with Crippen molar-refractivity contribution < 1.29 is 15.0 Å². The van der Waals surface area contributed by atoms with Crippen LogP contribution in [0.1, 0.15) is 31.4 Å². The number of aromatic nitrogens is 1. The van der Waals surface area contributed by atoms with Crippen molar-refractivity contribution in [2.45, 2.75) is 45.5 Å². The average Bonchev–Trinajstić information content (AvgIpc) is 2.88. The fourth-order valence-corrected chi connectivity index (χ4v) is 3.43. The third-order valence-electron chi connectivity index (χ3n) is 4.72. The van der Waals surface area contributed by atoms with Crippen molar-refractivity contribution in [1.29, 1.82) is 0 Å². The van der Waals surface area contributed by atoms with E-state index in [1.807, 2.05) is 23.6 Å². The van der Waals surface area contributed by atoms with Gasteiger partial charge in [0.15, 0.2) is 0 Å². The Morgan fingerprint density at radius 3 is 2.82 bits per heavy atom. The Hall–Kier alpha value is -1.66. The highest BCUT2D eigenvalue weighted by atomic mass is 16.3. The van der Waals surface area contributed by atoms with Gasteiger partial charge in [-0.2, -0.15) is 0 Å². The number of aliphatic hydroxyl groups excluding tert-OH is 1. The molecule has 22 heavy (non-hydrogen) atoms. The minimum Gasteiger partial charge on any atom is -0.493 e. The van der Waals surface area contributed by atoms with E-state index >= 15 is 0 Å². The minimum absolute atomic E-state index is 0.0403. The predicted molar refractivity (Wildman–Crippen MR) is 81.0 cm³/mol. The van der Waals surface area contributed by atoms with Crippen LogP contribution in [0.2, 0.25) is 0 Å². The maximum atomic E-state index is 12.0. The van der Waals surface area contributed by atoms with Gasteiger partial charge in [0, 0.05) is 50.3 Å². The molecule has 0 radical (unpaired) electrons. The summed E-state index contributed by atoms with van der Waals surface area (Å²) in [7, 11) is 0. The Bertz CT molecular complexity index is 576. The molecule has 1 aromatic heterocycles. The quantitative estimate of drug-likeness (QED) is 0.860. The molecular formula is C16H23N3O3. The zero-order chi connectivity index (χ0) is 15.9. The maximum Gasteiger partial charge on any atom is 0.223 e. The normalized spacial score (nSPS) is 23.9. The lowest BCUT2D eigenvalue weighted by Crippen LogP contribution is -2.44. The van der Waals surface area contributed by atoms with Crippen LogP contribution in [0.4, 0.5) is 0 Å². The van der Waals surface area contributed by atoms with Crippen molar-refractivity contribution in [2.24, 2.45) is 5.92 Å². The SMILES string of the molecule is CC(C)N1CC(C(O)N2CCc3cc(O)ncc3C2)CC1=O. The second kappa shape index (κ2) is 5.85. The van der Waals surface area contributed by atoms with Crippen molar-refractivity contribution in [3.05, 3.63) is 23.4 Å². The highest BCUT2D eigenvalue weighted by Gasteiger charge is 2.38. The van der Waals surface area contributed by atoms with Crippen LogP contribution in [-0.2, 0) is 17.8 Å². The number of aliphatic hydroxyl groups is 1. The summed E-state index contributed by atoms with van der Waals surface area (Å²) < 4.78 is 0. The van der Waals surface area contributed by atoms with Crippen LogP contribution in [0.15, 0.2) is 12.3 Å². The third-order valence-corrected chi connectivity index (χ3v) is 4.72. The van der Waals surface area contributed by atoms with E-state index in [0.29, 0.717) is 19.5 Å². The second-order valence-electron chi connectivity index (χ2n) is 6.55. The van der Waals surface area contributed by atoms with Crippen LogP contribution in [-0.4, -0.2) is 56.3 Å². The number of likely N-dealkylation sites (tertiary alicyclic amines) is 1. The van der Waals surface area contributed by atoms with Gasteiger partial charge >= 0.3 is 0 Å². The molecule has 2 unspecified atom stereocenters. The Balaban J connectivity index is 1.68. The molecule has 1 amide bonds. The van der Waals surface area contributed by atoms with E-state index in [1.54, 1.807) is 12.3 Å². The molecule has 1 fully saturated rings. The zero-order valence-electron chi connectivity index (χ0n) is 13.1. The van der Waals surface area contributed by atoms with Crippen molar-refractivity contribution >= 4 is 5.91 Å². The van der Waals surface area contributed by atoms with Gasteiger partial charge in [0.2, 0.25) is 11.8 Å². The maximum absolute atomic E-state index is 12.0. The minimum atomic E-state index is -0.616. The Morgan fingerprint density at radius 1 is 1.36 bits per heavy atom. The smallest absolute Gasteiger partial charge is 0.223 e. The van der Waals surface area contributed by atoms with E-state index < -0.39 is 6.23 Å². The van der Waals surface area contributed by atoms with E-state index in [1.165, 1.54) is 0 Å². The standard InChI is InChI=1S/C16H23N3O3/c1-10(2)19-9-12(6-15(19)21)16(22)18-4-3-11-5-14(20)17-7-13(11)8-18/h5,7,10,12,16,22H,3-4,6,8-9H2,1-2H3,(H,17,20). The molecule has 2 aliphatic heterocycles. The van der Waals surface area contributed by atoms with Gasteiger partial charge in [-0.25, -0.2) is 4.98 Å². The average molecular weight is 305 g/mol. The number of aromatic hydroxyl groups is 1. The van der Waals surface area contributed by atoms with E-state index in [4.69, 9.17) is 0 Å². The lowest BCUT2D eigenvalue weighted by molar-refractivity contribution is -0.129. The van der Waals surface area contributed by atoms with Crippen LogP contribution in [0.25, 0.3) is 0 Å². The fourth-order valence-electron chi connectivity index (χ4n) is 3.43. The van der Waals surface area contributed by atoms with E-state index in [9.17, 15) is 15.0 Å². The van der Waals surface area contributed by atoms with Gasteiger partial charge < -0.3 is 15.1 Å². The molecule has 1 aromatic rings. The molecule has 0 spiro atoms. The molecule has 1 saturated heterocycles. The van der Waals surface area contributed by atoms with Crippen molar-refractivity contribution in [3.63, 3.8) is 0 Å². The van der Waals surface area contributed by atoms with Crippen LogP contribution in [0, 0.1) is 5.92 Å². The number of nitrogens with zero attached hydrogens (tertiary/aromatic N) is 3. The third kappa shape index (κ3) is 2.80. The summed E-state index contributed by atoms with van der Waals surface area (Å²) in [5.74, 6) is 0.131. The Morgan fingerprint density at radius 2 is 2.14 bits per heavy atom. The molecule has 3 rings (SSSR count). The van der Waals surface area contributed by atoms with Gasteiger partial charge in [0.25, 0.3) is 0 Å². The molecule has 0 bridgehead atoms. The highest BCUT2D eigenvalue weighted by Crippen LogP contribution is 2.28. The summed E-state index contributed by atoms with van der Waals surface area (Å²) in [6.07, 6.45) is 2.24. The number of fused-ring (bicyclic) bond motifs is 1. The summed E-state index contributed by atoms with van der Waals surface area (Å²) in [4.78, 5) is 19.8. The summed E-state index contributed by atoms with van der Waals surface area (Å²) in [5, 5.41) is 20.1. The van der Waals surface area contributed by atoms with Crippen LogP contribution >= 0.6 is 0 Å². The number of hydrogen-bond acceptors (Lipinski definition) is 5. The second-order valence-corrected chi connectivity index (χ2v) is 6.55. The molecule has 0 aromatic carbocycles. The number of carbonyl (C=O) groups excluding carboxylic acids is 1. The first-order valence-electron chi connectivity index (χ1n) is 7.84. The summed E-state index contributed by atoms with van der Waals surface area (Å²) in [5.41, 5.74) is 2.12. The van der Waals surface area contributed by atoms with Gasteiger partial charge in [-0.15, -0.1) is 0 Å². The molecular weight excluding hydrogens is 282 g/mol. The van der Waals surface area contributed by atoms with Gasteiger partial charge in [-0.3, -0.25) is 9.69 Å². The van der Waals surface area contributed by atoms with Crippen molar-refractivity contribution in [3.8, 4) is 5.88 Å². The van der Waals surface area contributed by atoms with Gasteiger partial charge in [-0.05, 0) is 31.4 Å². The zero-order valence-corrected chi connectivity index (χ0v) is 13.1. The number of amides is 1. The summed E-state index contributed by atoms with van der Waals surface area (Å²) >= 11 is 0. The summed E-state index contributed by atoms with van der Waals surface area (Å²) in [6, 6.07) is 1.87. The van der Waals surface area contributed by atoms with Gasteiger partial charge in [0.05, 0.1) is 0 Å². The van der Waals surface area contributed by atoms with E-state index in [0.717, 1.165) is 24.1 Å². The molecule has 6 heteroatoms. The van der Waals surface area contributed by atoms with Crippen LogP contribution in [0.3, 0.4) is 0 Å². The van der Waals surface area contributed by atoms with Crippen LogP contribution < -0.4 is 0 Å². The summed E-state index contributed by atoms with van der Waals surface area (Å²) in [6.45, 7) is 5.96. The fraction of sp³-hybridized carbons (Fsp3) is 0.625. The molecule has 3 heterocycles. The molecule has 6 nitrogen and oxygen atoms in total. The Kier molecular flexibility index (Phi) is 4.06. The lowest BCUT2D eigenvalue weighted by Gasteiger charge is -2.35. The highest BCUT2D eigenvalue weighted by molar-refractivity contribution is 5.79. The first kappa shape index (κ1) is 15.2. The number of carbonyl (C=O) groups is 1. The molecule has 120 valence electrons. The molecule has 0 saturated carbocycles. The first-order valence-corrected chi connectivity index (χ1v) is 7.84. The topological polar surface area (TPSA) is 76.9 Å². The molecule has 2 N–H and O–H groups in total. The number of hydrogen-bond donors (Lipinski definition) is 2. The first-order chi connectivity index (χ1) is 10.5. The largest absolute Gasteiger partial charge is 0.493 e. The van der Waals surface area contributed by atoms with Crippen molar-refractivity contribution in [2.75, 3.05) is 13.1 Å². The molecule has 2 aliphatic rings. The lowest BCUT2D eigenvalue weighted by atomic mass is 9.99.